The molecule has 2 atom stereocenters. The number of hydrogen-bond acceptors (Lipinski definition) is 4. The number of rotatable bonds is 3. The molecule has 1 aromatic carbocycles. The van der Waals surface area contributed by atoms with E-state index in [0.29, 0.717) is 6.08 Å². The largest absolute Gasteiger partial charge is 0.459 e. The highest BCUT2D eigenvalue weighted by atomic mass is 19.3. The highest BCUT2D eigenvalue weighted by molar-refractivity contribution is 5.89. The molecule has 0 aromatic heterocycles. The summed E-state index contributed by atoms with van der Waals surface area (Å²) in [7, 11) is 0. The molecule has 0 amide bonds. The molecule has 1 unspecified atom stereocenters. The van der Waals surface area contributed by atoms with E-state index in [-0.39, 0.29) is 5.56 Å². The van der Waals surface area contributed by atoms with Crippen LogP contribution in [0.4, 0.5) is 8.78 Å². The molecule has 1 aliphatic rings. The molecule has 1 N–H and O–H groups in total. The minimum absolute atomic E-state index is 0.262. The van der Waals surface area contributed by atoms with E-state index in [9.17, 15) is 13.6 Å². The number of alkyl halides is 2. The molecule has 0 radical (unpaired) electrons. The summed E-state index contributed by atoms with van der Waals surface area (Å²) in [4.78, 5) is 11.6. The number of aliphatic hydroxyl groups excluding tert-OH is 1. The zero-order chi connectivity index (χ0) is 13.9. The molecular formula is C13H12F2O4. The summed E-state index contributed by atoms with van der Waals surface area (Å²) in [5, 5.41) is 9.11. The molecule has 0 aliphatic carbocycles. The topological polar surface area (TPSA) is 55.8 Å². The van der Waals surface area contributed by atoms with Crippen LogP contribution in [0.5, 0.6) is 0 Å². The lowest BCUT2D eigenvalue weighted by atomic mass is 10.1. The van der Waals surface area contributed by atoms with Gasteiger partial charge < -0.3 is 14.6 Å². The van der Waals surface area contributed by atoms with Crippen LogP contribution < -0.4 is 0 Å². The SMILES string of the molecule is O=C(OC[C@H]1OC(O)C=CC1(F)F)c1ccccc1. The first-order valence-corrected chi connectivity index (χ1v) is 5.62. The number of halogens is 2. The Hall–Kier alpha value is -1.79. The number of hydrogen-bond donors (Lipinski definition) is 1. The zero-order valence-corrected chi connectivity index (χ0v) is 9.83. The van der Waals surface area contributed by atoms with Crippen LogP contribution in [0.1, 0.15) is 10.4 Å². The van der Waals surface area contributed by atoms with Crippen LogP contribution in [0.15, 0.2) is 42.5 Å². The van der Waals surface area contributed by atoms with Crippen LogP contribution in [0.25, 0.3) is 0 Å². The van der Waals surface area contributed by atoms with E-state index < -0.39 is 30.9 Å². The van der Waals surface area contributed by atoms with Crippen molar-refractivity contribution in [3.63, 3.8) is 0 Å². The second-order valence-corrected chi connectivity index (χ2v) is 4.01. The van der Waals surface area contributed by atoms with Crippen LogP contribution >= 0.6 is 0 Å². The summed E-state index contributed by atoms with van der Waals surface area (Å²) in [6, 6.07) is 8.01. The van der Waals surface area contributed by atoms with Crippen molar-refractivity contribution in [3.8, 4) is 0 Å². The monoisotopic (exact) mass is 270 g/mol. The lowest BCUT2D eigenvalue weighted by molar-refractivity contribution is -0.200. The van der Waals surface area contributed by atoms with Gasteiger partial charge in [-0.05, 0) is 24.3 Å². The van der Waals surface area contributed by atoms with E-state index in [1.807, 2.05) is 0 Å². The van der Waals surface area contributed by atoms with Gasteiger partial charge in [-0.1, -0.05) is 18.2 Å². The third-order valence-corrected chi connectivity index (χ3v) is 2.59. The molecule has 102 valence electrons. The van der Waals surface area contributed by atoms with Gasteiger partial charge >= 0.3 is 5.97 Å². The Balaban J connectivity index is 1.95. The molecule has 0 saturated carbocycles. The van der Waals surface area contributed by atoms with Gasteiger partial charge in [0.2, 0.25) is 0 Å². The third kappa shape index (κ3) is 3.36. The second-order valence-electron chi connectivity index (χ2n) is 4.01. The first kappa shape index (κ1) is 13.6. The summed E-state index contributed by atoms with van der Waals surface area (Å²) < 4.78 is 36.2. The Morgan fingerprint density at radius 1 is 1.37 bits per heavy atom. The predicted octanol–water partition coefficient (Wildman–Crippen LogP) is 1.75. The fourth-order valence-electron chi connectivity index (χ4n) is 1.58. The van der Waals surface area contributed by atoms with Crippen molar-refractivity contribution >= 4 is 5.97 Å². The van der Waals surface area contributed by atoms with Crippen molar-refractivity contribution in [2.75, 3.05) is 6.61 Å². The number of ether oxygens (including phenoxy) is 2. The van der Waals surface area contributed by atoms with E-state index in [4.69, 9.17) is 9.84 Å². The van der Waals surface area contributed by atoms with Crippen LogP contribution in [0, 0.1) is 0 Å². The molecular weight excluding hydrogens is 258 g/mol. The minimum Gasteiger partial charge on any atom is -0.459 e. The van der Waals surface area contributed by atoms with Gasteiger partial charge in [-0.3, -0.25) is 0 Å². The maximum Gasteiger partial charge on any atom is 0.338 e. The Labute approximate surface area is 108 Å². The fourth-order valence-corrected chi connectivity index (χ4v) is 1.58. The summed E-state index contributed by atoms with van der Waals surface area (Å²) in [6.07, 6.45) is -1.72. The van der Waals surface area contributed by atoms with E-state index in [0.717, 1.165) is 6.08 Å². The number of esters is 1. The highest BCUT2D eigenvalue weighted by Gasteiger charge is 2.42. The number of carbonyl (C=O) groups excluding carboxylic acids is 1. The maximum absolute atomic E-state index is 13.4. The average molecular weight is 270 g/mol. The Morgan fingerprint density at radius 2 is 2.05 bits per heavy atom. The van der Waals surface area contributed by atoms with Crippen molar-refractivity contribution in [3.05, 3.63) is 48.0 Å². The summed E-state index contributed by atoms with van der Waals surface area (Å²) in [6.45, 7) is -0.637. The molecule has 1 aliphatic heterocycles. The molecule has 1 heterocycles. The van der Waals surface area contributed by atoms with E-state index in [1.54, 1.807) is 18.2 Å². The average Bonchev–Trinajstić information content (AvgIpc) is 2.40. The van der Waals surface area contributed by atoms with Crippen molar-refractivity contribution in [2.45, 2.75) is 18.3 Å². The molecule has 2 rings (SSSR count). The van der Waals surface area contributed by atoms with Crippen LogP contribution in [-0.2, 0) is 9.47 Å². The lowest BCUT2D eigenvalue weighted by Gasteiger charge is -2.29. The van der Waals surface area contributed by atoms with Gasteiger partial charge in [0.1, 0.15) is 6.61 Å². The normalized spacial score (nSPS) is 25.0. The Kier molecular flexibility index (Phi) is 3.92. The summed E-state index contributed by atoms with van der Waals surface area (Å²) in [5.41, 5.74) is 0.262. The molecule has 4 nitrogen and oxygen atoms in total. The minimum atomic E-state index is -3.28. The maximum atomic E-state index is 13.4. The predicted molar refractivity (Wildman–Crippen MR) is 61.7 cm³/mol. The zero-order valence-electron chi connectivity index (χ0n) is 9.83. The third-order valence-electron chi connectivity index (χ3n) is 2.59. The Morgan fingerprint density at radius 3 is 2.74 bits per heavy atom. The van der Waals surface area contributed by atoms with Gasteiger partial charge in [-0.15, -0.1) is 0 Å². The summed E-state index contributed by atoms with van der Waals surface area (Å²) >= 11 is 0. The van der Waals surface area contributed by atoms with Crippen molar-refractivity contribution in [2.24, 2.45) is 0 Å². The van der Waals surface area contributed by atoms with Gasteiger partial charge in [-0.2, -0.15) is 8.78 Å². The van der Waals surface area contributed by atoms with Crippen LogP contribution in [0.3, 0.4) is 0 Å². The number of carbonyl (C=O) groups is 1. The first-order chi connectivity index (χ1) is 8.99. The van der Waals surface area contributed by atoms with Gasteiger partial charge in [0, 0.05) is 0 Å². The second kappa shape index (κ2) is 5.46. The summed E-state index contributed by atoms with van der Waals surface area (Å²) in [5.74, 6) is -4.00. The highest BCUT2D eigenvalue weighted by Crippen LogP contribution is 2.28. The molecule has 0 saturated heterocycles. The van der Waals surface area contributed by atoms with Gasteiger partial charge in [-0.25, -0.2) is 4.79 Å². The van der Waals surface area contributed by atoms with Gasteiger partial charge in [0.15, 0.2) is 12.4 Å². The number of benzene rings is 1. The van der Waals surface area contributed by atoms with Crippen molar-refractivity contribution < 1.29 is 28.2 Å². The molecule has 1 aromatic rings. The van der Waals surface area contributed by atoms with Crippen LogP contribution in [-0.4, -0.2) is 36.0 Å². The fraction of sp³-hybridized carbons (Fsp3) is 0.308. The van der Waals surface area contributed by atoms with Gasteiger partial charge in [0.25, 0.3) is 5.92 Å². The number of aliphatic hydroxyl groups is 1. The quantitative estimate of drug-likeness (QED) is 0.671. The van der Waals surface area contributed by atoms with E-state index in [1.165, 1.54) is 12.1 Å². The standard InChI is InChI=1S/C13H12F2O4/c14-13(15)7-6-11(16)19-10(13)8-18-12(17)9-4-2-1-3-5-9/h1-7,10-11,16H,8H2/t10-,11?/m1/s1. The van der Waals surface area contributed by atoms with E-state index >= 15 is 0 Å². The molecule has 19 heavy (non-hydrogen) atoms. The molecule has 0 bridgehead atoms. The van der Waals surface area contributed by atoms with Crippen molar-refractivity contribution in [1.29, 1.82) is 0 Å². The molecule has 0 spiro atoms. The Bertz CT molecular complexity index is 473. The lowest BCUT2D eigenvalue weighted by Crippen LogP contribution is -2.43. The van der Waals surface area contributed by atoms with Gasteiger partial charge in [0.05, 0.1) is 5.56 Å². The molecule has 6 heteroatoms. The smallest absolute Gasteiger partial charge is 0.338 e. The molecule has 0 fully saturated rings. The van der Waals surface area contributed by atoms with Crippen molar-refractivity contribution in [1.82, 2.24) is 0 Å². The first-order valence-electron chi connectivity index (χ1n) is 5.62. The van der Waals surface area contributed by atoms with E-state index in [2.05, 4.69) is 4.74 Å². The van der Waals surface area contributed by atoms with Crippen LogP contribution in [0.2, 0.25) is 0 Å².